The Hall–Kier alpha value is -2.83. The molecule has 7 nitrogen and oxygen atoms in total. The van der Waals surface area contributed by atoms with E-state index in [4.69, 9.17) is 5.73 Å². The number of amides is 2. The monoisotopic (exact) mass is 355 g/mol. The largest absolute Gasteiger partial charge is 0.378 e. The first-order valence-electron chi connectivity index (χ1n) is 8.75. The highest BCUT2D eigenvalue weighted by Gasteiger charge is 2.28. The zero-order valence-corrected chi connectivity index (χ0v) is 15.5. The van der Waals surface area contributed by atoms with Crippen LogP contribution in [0.15, 0.2) is 24.3 Å². The van der Waals surface area contributed by atoms with Crippen molar-refractivity contribution in [1.29, 1.82) is 0 Å². The van der Waals surface area contributed by atoms with E-state index in [9.17, 15) is 9.59 Å². The van der Waals surface area contributed by atoms with Crippen LogP contribution in [0.5, 0.6) is 0 Å². The summed E-state index contributed by atoms with van der Waals surface area (Å²) in [5.41, 5.74) is 9.75. The molecule has 3 rings (SSSR count). The Bertz CT molecular complexity index is 823. The van der Waals surface area contributed by atoms with Crippen molar-refractivity contribution >= 4 is 17.5 Å². The summed E-state index contributed by atoms with van der Waals surface area (Å²) in [5, 5.41) is 4.20. The van der Waals surface area contributed by atoms with Crippen molar-refractivity contribution in [2.24, 2.45) is 12.8 Å². The molecule has 0 saturated carbocycles. The molecular weight excluding hydrogens is 330 g/mol. The van der Waals surface area contributed by atoms with Crippen molar-refractivity contribution in [3.8, 4) is 0 Å². The van der Waals surface area contributed by atoms with Crippen LogP contribution in [0.1, 0.15) is 33.7 Å². The number of nitrogens with two attached hydrogens (primary N) is 1. The number of anilines is 1. The summed E-state index contributed by atoms with van der Waals surface area (Å²) in [6, 6.07) is 8.23. The molecule has 0 saturated heterocycles. The van der Waals surface area contributed by atoms with Gasteiger partial charge in [0, 0.05) is 64.0 Å². The van der Waals surface area contributed by atoms with Gasteiger partial charge in [0.25, 0.3) is 5.91 Å². The molecule has 0 radical (unpaired) electrons. The molecule has 0 fully saturated rings. The number of hydrogen-bond donors (Lipinski definition) is 1. The minimum absolute atomic E-state index is 0.0895. The molecule has 0 unspecified atom stereocenters. The predicted octanol–water partition coefficient (Wildman–Crippen LogP) is 1.10. The summed E-state index contributed by atoms with van der Waals surface area (Å²) in [4.78, 5) is 28.0. The minimum atomic E-state index is -0.544. The standard InChI is InChI=1S/C19H25N5O2/c1-22(2)14-7-4-13(5-8-14)6-9-17(25)24-11-10-16-15(12-24)18(19(20)26)21-23(16)3/h4-5,7-8H,6,9-12H2,1-3H3,(H2,20,26). The van der Waals surface area contributed by atoms with Crippen LogP contribution in [-0.2, 0) is 31.2 Å². The summed E-state index contributed by atoms with van der Waals surface area (Å²) in [5.74, 6) is -0.455. The van der Waals surface area contributed by atoms with E-state index in [1.54, 1.807) is 16.6 Å². The van der Waals surface area contributed by atoms with Crippen molar-refractivity contribution in [2.75, 3.05) is 25.5 Å². The lowest BCUT2D eigenvalue weighted by Crippen LogP contribution is -2.37. The highest BCUT2D eigenvalue weighted by Crippen LogP contribution is 2.23. The van der Waals surface area contributed by atoms with E-state index in [2.05, 4.69) is 29.4 Å². The van der Waals surface area contributed by atoms with Gasteiger partial charge in [-0.15, -0.1) is 0 Å². The van der Waals surface area contributed by atoms with Crippen molar-refractivity contribution in [2.45, 2.75) is 25.8 Å². The van der Waals surface area contributed by atoms with Gasteiger partial charge in [0.1, 0.15) is 0 Å². The Balaban J connectivity index is 1.63. The summed E-state index contributed by atoms with van der Waals surface area (Å²) in [6.07, 6.45) is 1.84. The van der Waals surface area contributed by atoms with Gasteiger partial charge in [0.15, 0.2) is 5.69 Å². The molecule has 2 heterocycles. The fourth-order valence-corrected chi connectivity index (χ4v) is 3.37. The number of aromatic nitrogens is 2. The molecule has 2 amide bonds. The van der Waals surface area contributed by atoms with Crippen molar-refractivity contribution in [1.82, 2.24) is 14.7 Å². The van der Waals surface area contributed by atoms with Gasteiger partial charge >= 0.3 is 0 Å². The van der Waals surface area contributed by atoms with Crippen molar-refractivity contribution in [3.05, 3.63) is 46.8 Å². The quantitative estimate of drug-likeness (QED) is 0.870. The number of fused-ring (bicyclic) bond motifs is 1. The lowest BCUT2D eigenvalue weighted by molar-refractivity contribution is -0.132. The third-order valence-corrected chi connectivity index (χ3v) is 4.91. The van der Waals surface area contributed by atoms with E-state index >= 15 is 0 Å². The van der Waals surface area contributed by atoms with Gasteiger partial charge in [-0.05, 0) is 24.1 Å². The molecule has 2 N–H and O–H groups in total. The van der Waals surface area contributed by atoms with Crippen LogP contribution < -0.4 is 10.6 Å². The van der Waals surface area contributed by atoms with Gasteiger partial charge in [-0.1, -0.05) is 12.1 Å². The fraction of sp³-hybridized carbons (Fsp3) is 0.421. The predicted molar refractivity (Wildman–Crippen MR) is 99.9 cm³/mol. The van der Waals surface area contributed by atoms with Crippen LogP contribution in [-0.4, -0.2) is 47.1 Å². The number of carbonyl (C=O) groups is 2. The van der Waals surface area contributed by atoms with Gasteiger partial charge in [0.05, 0.1) is 0 Å². The lowest BCUT2D eigenvalue weighted by Gasteiger charge is -2.27. The van der Waals surface area contributed by atoms with Crippen LogP contribution >= 0.6 is 0 Å². The van der Waals surface area contributed by atoms with E-state index < -0.39 is 5.91 Å². The first-order chi connectivity index (χ1) is 12.4. The molecule has 0 bridgehead atoms. The summed E-state index contributed by atoms with van der Waals surface area (Å²) in [6.45, 7) is 1.04. The van der Waals surface area contributed by atoms with E-state index in [1.165, 1.54) is 0 Å². The van der Waals surface area contributed by atoms with Gasteiger partial charge in [-0.2, -0.15) is 5.10 Å². The van der Waals surface area contributed by atoms with Crippen LogP contribution in [0.25, 0.3) is 0 Å². The molecule has 0 atom stereocenters. The Kier molecular flexibility index (Phi) is 4.97. The first-order valence-corrected chi connectivity index (χ1v) is 8.75. The van der Waals surface area contributed by atoms with E-state index in [1.807, 2.05) is 19.0 Å². The van der Waals surface area contributed by atoms with Crippen molar-refractivity contribution in [3.63, 3.8) is 0 Å². The van der Waals surface area contributed by atoms with Crippen LogP contribution in [0.3, 0.4) is 0 Å². The molecule has 1 aromatic carbocycles. The Morgan fingerprint density at radius 3 is 2.54 bits per heavy atom. The molecule has 7 heteroatoms. The second kappa shape index (κ2) is 7.19. The Morgan fingerprint density at radius 1 is 1.23 bits per heavy atom. The average molecular weight is 355 g/mol. The topological polar surface area (TPSA) is 84.5 Å². The Morgan fingerprint density at radius 2 is 1.92 bits per heavy atom. The maximum absolute atomic E-state index is 12.6. The lowest BCUT2D eigenvalue weighted by atomic mass is 10.0. The summed E-state index contributed by atoms with van der Waals surface area (Å²) in [7, 11) is 5.81. The highest BCUT2D eigenvalue weighted by atomic mass is 16.2. The van der Waals surface area contributed by atoms with Gasteiger partial charge < -0.3 is 15.5 Å². The molecule has 1 aromatic heterocycles. The fourth-order valence-electron chi connectivity index (χ4n) is 3.37. The number of nitrogens with zero attached hydrogens (tertiary/aromatic N) is 4. The molecule has 2 aromatic rings. The average Bonchev–Trinajstić information content (AvgIpc) is 2.96. The van der Waals surface area contributed by atoms with Gasteiger partial charge in [-0.25, -0.2) is 0 Å². The zero-order valence-electron chi connectivity index (χ0n) is 15.5. The SMILES string of the molecule is CN(C)c1ccc(CCC(=O)N2CCc3c(c(C(N)=O)nn3C)C2)cc1. The van der Waals surface area contributed by atoms with Crippen LogP contribution in [0, 0.1) is 0 Å². The number of rotatable bonds is 5. The zero-order chi connectivity index (χ0) is 18.8. The first kappa shape index (κ1) is 18.0. The molecule has 1 aliphatic rings. The summed E-state index contributed by atoms with van der Waals surface area (Å²) >= 11 is 0. The smallest absolute Gasteiger partial charge is 0.269 e. The van der Waals surface area contributed by atoms with E-state index in [0.717, 1.165) is 22.5 Å². The normalized spacial score (nSPS) is 13.4. The van der Waals surface area contributed by atoms with E-state index in [-0.39, 0.29) is 11.6 Å². The number of aryl methyl sites for hydroxylation is 2. The molecule has 1 aliphatic heterocycles. The maximum Gasteiger partial charge on any atom is 0.269 e. The third-order valence-electron chi connectivity index (χ3n) is 4.91. The second-order valence-corrected chi connectivity index (χ2v) is 6.89. The molecule has 0 aliphatic carbocycles. The molecule has 138 valence electrons. The molecular formula is C19H25N5O2. The Labute approximate surface area is 153 Å². The minimum Gasteiger partial charge on any atom is -0.378 e. The second-order valence-electron chi connectivity index (χ2n) is 6.89. The number of primary amides is 1. The van der Waals surface area contributed by atoms with E-state index in [0.29, 0.717) is 32.4 Å². The van der Waals surface area contributed by atoms with Gasteiger partial charge in [-0.3, -0.25) is 14.3 Å². The molecule has 26 heavy (non-hydrogen) atoms. The maximum atomic E-state index is 12.6. The van der Waals surface area contributed by atoms with Crippen LogP contribution in [0.4, 0.5) is 5.69 Å². The van der Waals surface area contributed by atoms with Crippen molar-refractivity contribution < 1.29 is 9.59 Å². The molecule has 0 spiro atoms. The third kappa shape index (κ3) is 3.56. The number of benzene rings is 1. The van der Waals surface area contributed by atoms with Crippen LogP contribution in [0.2, 0.25) is 0 Å². The number of hydrogen-bond acceptors (Lipinski definition) is 4. The van der Waals surface area contributed by atoms with Gasteiger partial charge in [0.2, 0.25) is 5.91 Å². The summed E-state index contributed by atoms with van der Waals surface area (Å²) < 4.78 is 1.70. The highest BCUT2D eigenvalue weighted by molar-refractivity contribution is 5.92. The number of carbonyl (C=O) groups excluding carboxylic acids is 2.